The number of para-hydroxylation sites is 1. The Balaban J connectivity index is 2.13. The summed E-state index contributed by atoms with van der Waals surface area (Å²) in [5.74, 6) is 0. The van der Waals surface area contributed by atoms with Crippen LogP contribution in [0.5, 0.6) is 0 Å². The number of nitrogens with one attached hydrogen (secondary N) is 2. The monoisotopic (exact) mass is 260 g/mol. The van der Waals surface area contributed by atoms with E-state index in [9.17, 15) is 9.59 Å². The largest absolute Gasteiger partial charge is 0.465 e. The lowest BCUT2D eigenvalue weighted by Gasteiger charge is -2.22. The van der Waals surface area contributed by atoms with Gasteiger partial charge in [0.1, 0.15) is 6.29 Å². The number of rotatable bonds is 5. The highest BCUT2D eigenvalue weighted by atomic mass is 16.4. The summed E-state index contributed by atoms with van der Waals surface area (Å²) in [7, 11) is 0. The van der Waals surface area contributed by atoms with Gasteiger partial charge in [-0.3, -0.25) is 0 Å². The van der Waals surface area contributed by atoms with Crippen LogP contribution >= 0.6 is 0 Å². The summed E-state index contributed by atoms with van der Waals surface area (Å²) < 4.78 is 0. The predicted octanol–water partition coefficient (Wildman–Crippen LogP) is 2.33. The van der Waals surface area contributed by atoms with E-state index < -0.39 is 11.6 Å². The minimum Gasteiger partial charge on any atom is -0.465 e. The number of hydrogen-bond donors (Lipinski definition) is 3. The van der Waals surface area contributed by atoms with Crippen LogP contribution in [-0.4, -0.2) is 28.0 Å². The van der Waals surface area contributed by atoms with Crippen molar-refractivity contribution in [3.63, 3.8) is 0 Å². The molecule has 1 aromatic carbocycles. The molecule has 0 unspecified atom stereocenters. The van der Waals surface area contributed by atoms with E-state index in [0.29, 0.717) is 19.1 Å². The lowest BCUT2D eigenvalue weighted by molar-refractivity contribution is -0.112. The maximum absolute atomic E-state index is 11.1. The van der Waals surface area contributed by atoms with Crippen LogP contribution in [0, 0.1) is 0 Å². The molecular weight excluding hydrogens is 244 g/mol. The van der Waals surface area contributed by atoms with Crippen LogP contribution in [0.3, 0.4) is 0 Å². The van der Waals surface area contributed by atoms with Gasteiger partial charge < -0.3 is 20.2 Å². The number of aldehydes is 1. The molecular formula is C14H16N2O3. The Hall–Kier alpha value is -2.30. The van der Waals surface area contributed by atoms with Gasteiger partial charge in [0, 0.05) is 17.1 Å². The third-order valence-electron chi connectivity index (χ3n) is 3.24. The molecule has 1 heterocycles. The molecule has 0 fully saturated rings. The van der Waals surface area contributed by atoms with Crippen molar-refractivity contribution in [2.45, 2.75) is 25.3 Å². The van der Waals surface area contributed by atoms with Crippen molar-refractivity contribution in [2.24, 2.45) is 0 Å². The van der Waals surface area contributed by atoms with E-state index in [1.807, 2.05) is 30.5 Å². The first-order valence-electron chi connectivity index (χ1n) is 6.06. The summed E-state index contributed by atoms with van der Waals surface area (Å²) in [5, 5.41) is 12.1. The van der Waals surface area contributed by atoms with Crippen molar-refractivity contribution in [3.05, 3.63) is 36.0 Å². The number of benzene rings is 1. The van der Waals surface area contributed by atoms with Crippen molar-refractivity contribution in [2.75, 3.05) is 0 Å². The van der Waals surface area contributed by atoms with Crippen molar-refractivity contribution in [1.82, 2.24) is 10.3 Å². The van der Waals surface area contributed by atoms with E-state index in [4.69, 9.17) is 5.11 Å². The third kappa shape index (κ3) is 2.93. The van der Waals surface area contributed by atoms with E-state index in [2.05, 4.69) is 10.3 Å². The molecule has 1 atom stereocenters. The van der Waals surface area contributed by atoms with E-state index in [-0.39, 0.29) is 0 Å². The topological polar surface area (TPSA) is 82.2 Å². The SMILES string of the molecule is C[C@](C=O)(CCc1c[nH]c2ccccc12)NC(=O)O. The normalized spacial score (nSPS) is 13.9. The van der Waals surface area contributed by atoms with Crippen LogP contribution < -0.4 is 5.32 Å². The second-order valence-electron chi connectivity index (χ2n) is 4.82. The standard InChI is InChI=1S/C14H16N2O3/c1-14(9-17,16-13(18)19)7-6-10-8-15-12-5-3-2-4-11(10)12/h2-5,8-9,15-16H,6-7H2,1H3,(H,18,19)/t14-/m1/s1. The number of carboxylic acid groups (broad SMARTS) is 1. The summed E-state index contributed by atoms with van der Waals surface area (Å²) in [6, 6.07) is 7.88. The molecule has 0 aliphatic carbocycles. The van der Waals surface area contributed by atoms with Gasteiger partial charge in [-0.1, -0.05) is 18.2 Å². The van der Waals surface area contributed by atoms with Gasteiger partial charge in [0.25, 0.3) is 0 Å². The second kappa shape index (κ2) is 5.14. The number of carbonyl (C=O) groups is 2. The molecule has 19 heavy (non-hydrogen) atoms. The van der Waals surface area contributed by atoms with Gasteiger partial charge in [-0.2, -0.15) is 0 Å². The molecule has 2 aromatic rings. The fourth-order valence-electron chi connectivity index (χ4n) is 2.13. The Morgan fingerprint density at radius 1 is 1.47 bits per heavy atom. The number of aromatic amines is 1. The molecule has 1 aromatic heterocycles. The summed E-state index contributed by atoms with van der Waals surface area (Å²) in [4.78, 5) is 24.9. The Kier molecular flexibility index (Phi) is 3.55. The number of carbonyl (C=O) groups excluding carboxylic acids is 1. The zero-order chi connectivity index (χ0) is 13.9. The van der Waals surface area contributed by atoms with Crippen molar-refractivity contribution in [3.8, 4) is 0 Å². The van der Waals surface area contributed by atoms with Gasteiger partial charge >= 0.3 is 6.09 Å². The molecule has 1 amide bonds. The molecule has 3 N–H and O–H groups in total. The molecule has 5 heteroatoms. The first-order valence-corrected chi connectivity index (χ1v) is 6.06. The van der Waals surface area contributed by atoms with Crippen LogP contribution in [0.4, 0.5) is 4.79 Å². The molecule has 5 nitrogen and oxygen atoms in total. The maximum Gasteiger partial charge on any atom is 0.405 e. The molecule has 0 aliphatic heterocycles. The summed E-state index contributed by atoms with van der Waals surface area (Å²) in [5.41, 5.74) is 1.07. The molecule has 0 saturated heterocycles. The fraction of sp³-hybridized carbons (Fsp3) is 0.286. The zero-order valence-corrected chi connectivity index (χ0v) is 10.6. The van der Waals surface area contributed by atoms with Gasteiger partial charge in [-0.25, -0.2) is 4.79 Å². The lowest BCUT2D eigenvalue weighted by atomic mass is 9.95. The molecule has 2 rings (SSSR count). The highest BCUT2D eigenvalue weighted by Crippen LogP contribution is 2.21. The van der Waals surface area contributed by atoms with Gasteiger partial charge in [0.05, 0.1) is 5.54 Å². The lowest BCUT2D eigenvalue weighted by Crippen LogP contribution is -2.47. The fourth-order valence-corrected chi connectivity index (χ4v) is 2.13. The molecule has 0 radical (unpaired) electrons. The quantitative estimate of drug-likeness (QED) is 0.721. The number of fused-ring (bicyclic) bond motifs is 1. The van der Waals surface area contributed by atoms with Crippen molar-refractivity contribution in [1.29, 1.82) is 0 Å². The summed E-state index contributed by atoms with van der Waals surface area (Å²) in [6.45, 7) is 1.59. The first kappa shape index (κ1) is 13.1. The first-order chi connectivity index (χ1) is 9.04. The average Bonchev–Trinajstić information content (AvgIpc) is 2.79. The van der Waals surface area contributed by atoms with Crippen molar-refractivity contribution < 1.29 is 14.7 Å². The molecule has 0 bridgehead atoms. The van der Waals surface area contributed by atoms with Crippen molar-refractivity contribution >= 4 is 23.3 Å². The zero-order valence-electron chi connectivity index (χ0n) is 10.6. The Labute approximate surface area is 110 Å². The third-order valence-corrected chi connectivity index (χ3v) is 3.24. The van der Waals surface area contributed by atoms with Crippen LogP contribution in [0.25, 0.3) is 10.9 Å². The van der Waals surface area contributed by atoms with Gasteiger partial charge in [-0.15, -0.1) is 0 Å². The highest BCUT2D eigenvalue weighted by molar-refractivity contribution is 5.83. The van der Waals surface area contributed by atoms with Gasteiger partial charge in [-0.05, 0) is 31.4 Å². The van der Waals surface area contributed by atoms with E-state index in [0.717, 1.165) is 16.5 Å². The van der Waals surface area contributed by atoms with E-state index >= 15 is 0 Å². The van der Waals surface area contributed by atoms with Gasteiger partial charge in [0.2, 0.25) is 0 Å². The minimum atomic E-state index is -1.19. The Morgan fingerprint density at radius 2 is 2.21 bits per heavy atom. The Morgan fingerprint density at radius 3 is 2.89 bits per heavy atom. The van der Waals surface area contributed by atoms with Crippen LogP contribution in [0.1, 0.15) is 18.9 Å². The van der Waals surface area contributed by atoms with E-state index in [1.165, 1.54) is 0 Å². The average molecular weight is 260 g/mol. The number of aromatic nitrogens is 1. The highest BCUT2D eigenvalue weighted by Gasteiger charge is 2.25. The van der Waals surface area contributed by atoms with Crippen LogP contribution in [0.15, 0.2) is 30.5 Å². The van der Waals surface area contributed by atoms with Crippen LogP contribution in [0.2, 0.25) is 0 Å². The van der Waals surface area contributed by atoms with Gasteiger partial charge in [0.15, 0.2) is 0 Å². The molecule has 0 saturated carbocycles. The smallest absolute Gasteiger partial charge is 0.405 e. The summed E-state index contributed by atoms with van der Waals surface area (Å²) >= 11 is 0. The number of H-pyrrole nitrogens is 1. The summed E-state index contributed by atoms with van der Waals surface area (Å²) in [6.07, 6.45) is 2.41. The maximum atomic E-state index is 11.1. The molecule has 0 aliphatic rings. The molecule has 0 spiro atoms. The number of amides is 1. The van der Waals surface area contributed by atoms with Crippen LogP contribution in [-0.2, 0) is 11.2 Å². The predicted molar refractivity (Wildman–Crippen MR) is 72.2 cm³/mol. The number of hydrogen-bond acceptors (Lipinski definition) is 2. The second-order valence-corrected chi connectivity index (χ2v) is 4.82. The number of aryl methyl sites for hydroxylation is 1. The Bertz CT molecular complexity index is 606. The minimum absolute atomic E-state index is 0.421. The molecule has 100 valence electrons. The van der Waals surface area contributed by atoms with E-state index in [1.54, 1.807) is 6.92 Å².